The summed E-state index contributed by atoms with van der Waals surface area (Å²) < 4.78 is 0. The third-order valence-corrected chi connectivity index (χ3v) is 3.34. The molecule has 1 aliphatic carbocycles. The number of nitrogens with one attached hydrogen (secondary N) is 1. The Balaban J connectivity index is 1.95. The number of H-pyrrole nitrogens is 1. The predicted octanol–water partition coefficient (Wildman–Crippen LogP) is 1.63. The van der Waals surface area contributed by atoms with E-state index in [2.05, 4.69) is 22.3 Å². The average Bonchev–Trinajstić information content (AvgIpc) is 2.71. The minimum absolute atomic E-state index is 0.0706. The normalized spacial score (nSPS) is 30.1. The first-order valence-corrected chi connectivity index (χ1v) is 5.38. The standard InChI is InChI=1S/C10H18N4/c1-7-2-4-8(5-3-7)10(11)9-6-12-14-13-9/h6-8,10H,2-5,11H2,1H3,(H,12,13,14). The zero-order valence-electron chi connectivity index (χ0n) is 8.61. The van der Waals surface area contributed by atoms with E-state index in [4.69, 9.17) is 5.73 Å². The lowest BCUT2D eigenvalue weighted by Gasteiger charge is -2.29. The van der Waals surface area contributed by atoms with Gasteiger partial charge in [0.05, 0.1) is 17.9 Å². The lowest BCUT2D eigenvalue weighted by molar-refractivity contribution is 0.254. The van der Waals surface area contributed by atoms with Crippen LogP contribution in [0.2, 0.25) is 0 Å². The predicted molar refractivity (Wildman–Crippen MR) is 54.4 cm³/mol. The molecule has 4 nitrogen and oxygen atoms in total. The molecular formula is C10H18N4. The van der Waals surface area contributed by atoms with Gasteiger partial charge in [-0.1, -0.05) is 19.8 Å². The SMILES string of the molecule is CC1CCC(C(N)c2cn[nH]n2)CC1. The highest BCUT2D eigenvalue weighted by Gasteiger charge is 2.25. The molecule has 1 unspecified atom stereocenters. The van der Waals surface area contributed by atoms with E-state index >= 15 is 0 Å². The molecule has 0 radical (unpaired) electrons. The van der Waals surface area contributed by atoms with Crippen LogP contribution in [0.25, 0.3) is 0 Å². The van der Waals surface area contributed by atoms with Crippen LogP contribution < -0.4 is 5.73 Å². The van der Waals surface area contributed by atoms with E-state index in [1.807, 2.05) is 0 Å². The van der Waals surface area contributed by atoms with Crippen LogP contribution in [0, 0.1) is 11.8 Å². The molecule has 14 heavy (non-hydrogen) atoms. The molecule has 4 heteroatoms. The second-order valence-electron chi connectivity index (χ2n) is 4.44. The molecule has 1 aromatic rings. The number of rotatable bonds is 2. The van der Waals surface area contributed by atoms with Crippen LogP contribution in [0.5, 0.6) is 0 Å². The van der Waals surface area contributed by atoms with Crippen molar-refractivity contribution in [3.05, 3.63) is 11.9 Å². The highest BCUT2D eigenvalue weighted by Crippen LogP contribution is 2.34. The molecule has 0 saturated heterocycles. The van der Waals surface area contributed by atoms with Gasteiger partial charge in [-0.05, 0) is 24.7 Å². The molecule has 1 aromatic heterocycles. The van der Waals surface area contributed by atoms with Crippen molar-refractivity contribution in [2.45, 2.75) is 38.6 Å². The molecule has 1 heterocycles. The van der Waals surface area contributed by atoms with Gasteiger partial charge >= 0.3 is 0 Å². The molecule has 3 N–H and O–H groups in total. The van der Waals surface area contributed by atoms with E-state index in [1.165, 1.54) is 25.7 Å². The lowest BCUT2D eigenvalue weighted by Crippen LogP contribution is -2.25. The van der Waals surface area contributed by atoms with Gasteiger partial charge in [0.25, 0.3) is 0 Å². The van der Waals surface area contributed by atoms with Crippen molar-refractivity contribution >= 4 is 0 Å². The average molecular weight is 194 g/mol. The Morgan fingerprint density at radius 1 is 1.43 bits per heavy atom. The van der Waals surface area contributed by atoms with Gasteiger partial charge in [-0.3, -0.25) is 0 Å². The Bertz CT molecular complexity index is 262. The van der Waals surface area contributed by atoms with Crippen molar-refractivity contribution in [2.75, 3.05) is 0 Å². The molecule has 1 atom stereocenters. The second-order valence-corrected chi connectivity index (χ2v) is 4.44. The van der Waals surface area contributed by atoms with E-state index in [1.54, 1.807) is 6.20 Å². The van der Waals surface area contributed by atoms with Crippen LogP contribution in [-0.2, 0) is 0 Å². The van der Waals surface area contributed by atoms with Gasteiger partial charge in [-0.15, -0.1) is 0 Å². The summed E-state index contributed by atoms with van der Waals surface area (Å²) in [6.45, 7) is 2.32. The van der Waals surface area contributed by atoms with Gasteiger partial charge in [0, 0.05) is 0 Å². The molecule has 1 aliphatic rings. The monoisotopic (exact) mass is 194 g/mol. The van der Waals surface area contributed by atoms with E-state index in [0.717, 1.165) is 11.6 Å². The van der Waals surface area contributed by atoms with E-state index in [0.29, 0.717) is 5.92 Å². The van der Waals surface area contributed by atoms with Crippen LogP contribution in [0.1, 0.15) is 44.3 Å². The maximum atomic E-state index is 6.14. The van der Waals surface area contributed by atoms with Gasteiger partial charge in [0.2, 0.25) is 0 Å². The summed E-state index contributed by atoms with van der Waals surface area (Å²) >= 11 is 0. The highest BCUT2D eigenvalue weighted by molar-refractivity contribution is 5.01. The van der Waals surface area contributed by atoms with Crippen LogP contribution in [-0.4, -0.2) is 15.4 Å². The highest BCUT2D eigenvalue weighted by atomic mass is 15.3. The smallest absolute Gasteiger partial charge is 0.0994 e. The van der Waals surface area contributed by atoms with E-state index in [-0.39, 0.29) is 6.04 Å². The van der Waals surface area contributed by atoms with Gasteiger partial charge in [0.15, 0.2) is 0 Å². The van der Waals surface area contributed by atoms with Gasteiger partial charge in [-0.25, -0.2) is 0 Å². The molecule has 2 rings (SSSR count). The zero-order chi connectivity index (χ0) is 9.97. The number of hydrogen-bond acceptors (Lipinski definition) is 3. The maximum absolute atomic E-state index is 6.14. The molecule has 0 aliphatic heterocycles. The summed E-state index contributed by atoms with van der Waals surface area (Å²) in [6, 6.07) is 0.0706. The molecule has 0 amide bonds. The summed E-state index contributed by atoms with van der Waals surface area (Å²) in [5.41, 5.74) is 7.04. The maximum Gasteiger partial charge on any atom is 0.0994 e. The topological polar surface area (TPSA) is 67.6 Å². The molecule has 0 spiro atoms. The Kier molecular flexibility index (Phi) is 2.82. The molecule has 1 fully saturated rings. The zero-order valence-corrected chi connectivity index (χ0v) is 8.61. The summed E-state index contributed by atoms with van der Waals surface area (Å²) in [7, 11) is 0. The van der Waals surface area contributed by atoms with E-state index < -0.39 is 0 Å². The first-order chi connectivity index (χ1) is 6.77. The van der Waals surface area contributed by atoms with Crippen LogP contribution in [0.15, 0.2) is 6.20 Å². The Labute approximate surface area is 84.3 Å². The van der Waals surface area contributed by atoms with Crippen LogP contribution >= 0.6 is 0 Å². The van der Waals surface area contributed by atoms with Crippen molar-refractivity contribution in [3.63, 3.8) is 0 Å². The van der Waals surface area contributed by atoms with Crippen molar-refractivity contribution in [2.24, 2.45) is 17.6 Å². The van der Waals surface area contributed by atoms with Gasteiger partial charge in [-0.2, -0.15) is 15.4 Å². The summed E-state index contributed by atoms with van der Waals surface area (Å²) in [5.74, 6) is 1.46. The molecule has 78 valence electrons. The lowest BCUT2D eigenvalue weighted by atomic mass is 9.79. The van der Waals surface area contributed by atoms with Crippen molar-refractivity contribution in [3.8, 4) is 0 Å². The number of aromatic amines is 1. The molecule has 0 bridgehead atoms. The van der Waals surface area contributed by atoms with Gasteiger partial charge < -0.3 is 5.73 Å². The first-order valence-electron chi connectivity index (χ1n) is 5.38. The minimum Gasteiger partial charge on any atom is -0.322 e. The Morgan fingerprint density at radius 3 is 2.71 bits per heavy atom. The van der Waals surface area contributed by atoms with Gasteiger partial charge in [0.1, 0.15) is 0 Å². The fourth-order valence-corrected chi connectivity index (χ4v) is 2.26. The fourth-order valence-electron chi connectivity index (χ4n) is 2.26. The largest absolute Gasteiger partial charge is 0.322 e. The third kappa shape index (κ3) is 1.95. The number of nitrogens with two attached hydrogens (primary N) is 1. The minimum atomic E-state index is 0.0706. The number of nitrogens with zero attached hydrogens (tertiary/aromatic N) is 2. The first kappa shape index (κ1) is 9.65. The third-order valence-electron chi connectivity index (χ3n) is 3.34. The Morgan fingerprint density at radius 2 is 2.14 bits per heavy atom. The van der Waals surface area contributed by atoms with Crippen molar-refractivity contribution in [1.29, 1.82) is 0 Å². The number of aromatic nitrogens is 3. The summed E-state index contributed by atoms with van der Waals surface area (Å²) in [6.07, 6.45) is 6.81. The van der Waals surface area contributed by atoms with Crippen molar-refractivity contribution in [1.82, 2.24) is 15.4 Å². The number of hydrogen-bond donors (Lipinski definition) is 2. The van der Waals surface area contributed by atoms with E-state index in [9.17, 15) is 0 Å². The van der Waals surface area contributed by atoms with Crippen molar-refractivity contribution < 1.29 is 0 Å². The summed E-state index contributed by atoms with van der Waals surface area (Å²) in [4.78, 5) is 0. The van der Waals surface area contributed by atoms with Crippen LogP contribution in [0.4, 0.5) is 0 Å². The fraction of sp³-hybridized carbons (Fsp3) is 0.800. The Hall–Kier alpha value is -0.900. The molecule has 0 aromatic carbocycles. The second kappa shape index (κ2) is 4.09. The molecular weight excluding hydrogens is 176 g/mol. The quantitative estimate of drug-likeness (QED) is 0.752. The van der Waals surface area contributed by atoms with Crippen LogP contribution in [0.3, 0.4) is 0 Å². The summed E-state index contributed by atoms with van der Waals surface area (Å²) in [5, 5.41) is 10.5. The molecule has 1 saturated carbocycles.